The molecule has 0 bridgehead atoms. The van der Waals surface area contributed by atoms with Crippen LogP contribution in [0.2, 0.25) is 5.02 Å². The molecule has 1 atom stereocenters. The lowest BCUT2D eigenvalue weighted by molar-refractivity contribution is -0.141. The molecule has 2 fully saturated rings. The molecule has 2 aliphatic rings. The second-order valence-electron chi connectivity index (χ2n) is 15.2. The Balaban J connectivity index is 1.21. The number of amides is 1. The topological polar surface area (TPSA) is 68.3 Å². The summed E-state index contributed by atoms with van der Waals surface area (Å²) in [5.74, 6) is 1.80. The van der Waals surface area contributed by atoms with E-state index in [-0.39, 0.29) is 22.8 Å². The Morgan fingerprint density at radius 3 is 2.20 bits per heavy atom. The predicted molar refractivity (Wildman–Crippen MR) is 217 cm³/mol. The minimum Gasteiger partial charge on any atom is -0.497 e. The quantitative estimate of drug-likeness (QED) is 0.0750. The first-order valence-electron chi connectivity index (χ1n) is 20.3. The smallest absolute Gasteiger partial charge is 0.306 e. The number of rotatable bonds is 22. The summed E-state index contributed by atoms with van der Waals surface area (Å²) < 4.78 is 31.1. The van der Waals surface area contributed by atoms with Crippen LogP contribution in [0.3, 0.4) is 0 Å². The van der Waals surface area contributed by atoms with Gasteiger partial charge in [0.25, 0.3) is 5.91 Å². The highest BCUT2D eigenvalue weighted by Crippen LogP contribution is 2.45. The van der Waals surface area contributed by atoms with Gasteiger partial charge in [0, 0.05) is 25.7 Å². The van der Waals surface area contributed by atoms with E-state index in [0.29, 0.717) is 48.4 Å². The fourth-order valence-electron chi connectivity index (χ4n) is 7.72. The Hall–Kier alpha value is -3.78. The van der Waals surface area contributed by atoms with Gasteiger partial charge in [0.15, 0.2) is 0 Å². The van der Waals surface area contributed by atoms with Gasteiger partial charge in [-0.15, -0.1) is 0 Å². The van der Waals surface area contributed by atoms with E-state index in [1.54, 1.807) is 18.1 Å². The third kappa shape index (κ3) is 12.1. The zero-order valence-corrected chi connectivity index (χ0v) is 33.4. The van der Waals surface area contributed by atoms with Gasteiger partial charge in [0.1, 0.15) is 17.3 Å². The van der Waals surface area contributed by atoms with E-state index >= 15 is 0 Å². The Kier molecular flexibility index (Phi) is 16.4. The summed E-state index contributed by atoms with van der Waals surface area (Å²) in [6, 6.07) is 18.1. The summed E-state index contributed by atoms with van der Waals surface area (Å²) >= 11 is 6.59. The third-order valence-corrected chi connectivity index (χ3v) is 11.5. The molecule has 1 aliphatic heterocycles. The molecule has 0 radical (unpaired) electrons. The van der Waals surface area contributed by atoms with Crippen molar-refractivity contribution in [3.05, 3.63) is 82.6 Å². The normalized spacial score (nSPS) is 15.2. The average Bonchev–Trinajstić information content (AvgIpc) is 4.04. The van der Waals surface area contributed by atoms with Crippen LogP contribution < -0.4 is 19.3 Å². The van der Waals surface area contributed by atoms with Crippen LogP contribution in [0.1, 0.15) is 125 Å². The van der Waals surface area contributed by atoms with Gasteiger partial charge in [0.2, 0.25) is 0 Å². The maximum Gasteiger partial charge on any atom is 0.306 e. The number of hydrogen-bond acceptors (Lipinski definition) is 6. The molecule has 3 aromatic carbocycles. The van der Waals surface area contributed by atoms with E-state index < -0.39 is 5.82 Å². The standard InChI is InChI=1S/C45H60ClFN2O5/c1-4-5-6-7-8-9-10-11-12-13-25-49(42-22-19-36(47)29-41(42)46)45(51)39-21-20-37(52-2)30-43(39)48-26-23-33(24-27-48)32-54-38-16-14-15-35(28-38)40(34-17-18-34)31-44(50)53-3/h14-16,19-22,28-30,33-34,40H,4-13,17-18,23-27,31-32H2,1-3H3. The fraction of sp³-hybridized carbons (Fsp3) is 0.556. The first-order valence-corrected chi connectivity index (χ1v) is 20.7. The molecule has 7 nitrogen and oxygen atoms in total. The first kappa shape index (κ1) is 41.4. The van der Waals surface area contributed by atoms with Crippen molar-refractivity contribution < 1.29 is 28.2 Å². The number of anilines is 2. The number of piperidine rings is 1. The van der Waals surface area contributed by atoms with E-state index in [1.807, 2.05) is 30.3 Å². The highest BCUT2D eigenvalue weighted by Gasteiger charge is 2.34. The summed E-state index contributed by atoms with van der Waals surface area (Å²) in [7, 11) is 3.08. The number of carbonyl (C=O) groups excluding carboxylic acids is 2. The number of carbonyl (C=O) groups is 2. The van der Waals surface area contributed by atoms with E-state index in [0.717, 1.165) is 75.0 Å². The van der Waals surface area contributed by atoms with Gasteiger partial charge >= 0.3 is 5.97 Å². The monoisotopic (exact) mass is 762 g/mol. The number of nitrogens with zero attached hydrogens (tertiary/aromatic N) is 2. The molecule has 3 aromatic rings. The van der Waals surface area contributed by atoms with Crippen molar-refractivity contribution in [3.8, 4) is 11.5 Å². The number of hydrogen-bond donors (Lipinski definition) is 0. The van der Waals surface area contributed by atoms with Crippen molar-refractivity contribution in [1.82, 2.24) is 0 Å². The Morgan fingerprint density at radius 1 is 0.852 bits per heavy atom. The lowest BCUT2D eigenvalue weighted by atomic mass is 9.91. The Bertz CT molecular complexity index is 1640. The summed E-state index contributed by atoms with van der Waals surface area (Å²) in [6.45, 7) is 4.87. The first-order chi connectivity index (χ1) is 26.3. The van der Waals surface area contributed by atoms with Crippen LogP contribution in [0.4, 0.5) is 15.8 Å². The molecule has 1 saturated heterocycles. The molecule has 1 amide bonds. The molecule has 1 heterocycles. The van der Waals surface area contributed by atoms with Gasteiger partial charge in [-0.25, -0.2) is 4.39 Å². The Morgan fingerprint density at radius 2 is 1.56 bits per heavy atom. The summed E-state index contributed by atoms with van der Waals surface area (Å²) in [4.78, 5) is 30.6. The van der Waals surface area contributed by atoms with Gasteiger partial charge in [-0.3, -0.25) is 9.59 Å². The van der Waals surface area contributed by atoms with E-state index in [9.17, 15) is 14.0 Å². The number of benzene rings is 3. The molecule has 0 spiro atoms. The average molecular weight is 763 g/mol. The van der Waals surface area contributed by atoms with E-state index in [1.165, 1.54) is 64.2 Å². The van der Waals surface area contributed by atoms with Crippen LogP contribution in [-0.2, 0) is 9.53 Å². The third-order valence-electron chi connectivity index (χ3n) is 11.1. The summed E-state index contributed by atoms with van der Waals surface area (Å²) in [5, 5.41) is 0.225. The van der Waals surface area contributed by atoms with Gasteiger partial charge in [0.05, 0.1) is 49.2 Å². The second kappa shape index (κ2) is 21.3. The largest absolute Gasteiger partial charge is 0.497 e. The molecule has 0 N–H and O–H groups in total. The number of esters is 1. The van der Waals surface area contributed by atoms with Crippen LogP contribution in [0.25, 0.3) is 0 Å². The summed E-state index contributed by atoms with van der Waals surface area (Å²) in [6.07, 6.45) is 16.4. The maximum atomic E-state index is 14.5. The molecule has 5 rings (SSSR count). The van der Waals surface area contributed by atoms with Gasteiger partial charge in [-0.05, 0) is 97.9 Å². The molecule has 9 heteroatoms. The zero-order chi connectivity index (χ0) is 38.3. The molecular weight excluding hydrogens is 703 g/mol. The van der Waals surface area contributed by atoms with Crippen LogP contribution in [0, 0.1) is 17.7 Å². The number of halogens is 2. The van der Waals surface area contributed by atoms with Crippen molar-refractivity contribution in [3.63, 3.8) is 0 Å². The van der Waals surface area contributed by atoms with Crippen molar-refractivity contribution in [2.24, 2.45) is 11.8 Å². The van der Waals surface area contributed by atoms with Crippen LogP contribution in [-0.4, -0.2) is 52.3 Å². The lowest BCUT2D eigenvalue weighted by Gasteiger charge is -2.35. The van der Waals surface area contributed by atoms with Crippen molar-refractivity contribution >= 4 is 34.9 Å². The SMILES string of the molecule is CCCCCCCCCCCCN(C(=O)c1ccc(OC)cc1N1CCC(COc2cccc(C(CC(=O)OC)C3CC3)c2)CC1)c1ccc(F)cc1Cl. The Labute approximate surface area is 327 Å². The molecule has 294 valence electrons. The molecule has 1 aliphatic carbocycles. The number of methoxy groups -OCH3 is 2. The second-order valence-corrected chi connectivity index (χ2v) is 15.6. The molecule has 1 unspecified atom stereocenters. The molecule has 54 heavy (non-hydrogen) atoms. The fourth-order valence-corrected chi connectivity index (χ4v) is 7.99. The van der Waals surface area contributed by atoms with Gasteiger partial charge < -0.3 is 24.0 Å². The van der Waals surface area contributed by atoms with Crippen LogP contribution >= 0.6 is 11.6 Å². The zero-order valence-electron chi connectivity index (χ0n) is 32.6. The van der Waals surface area contributed by atoms with Crippen LogP contribution in [0.5, 0.6) is 11.5 Å². The molecular formula is C45H60ClFN2O5. The van der Waals surface area contributed by atoms with Gasteiger partial charge in [-0.1, -0.05) is 88.4 Å². The van der Waals surface area contributed by atoms with Crippen molar-refractivity contribution in [2.45, 2.75) is 109 Å². The minimum atomic E-state index is -0.430. The number of ether oxygens (including phenoxy) is 3. The highest BCUT2D eigenvalue weighted by molar-refractivity contribution is 6.34. The maximum absolute atomic E-state index is 14.5. The molecule has 0 aromatic heterocycles. The summed E-state index contributed by atoms with van der Waals surface area (Å²) in [5.41, 5.74) is 3.06. The highest BCUT2D eigenvalue weighted by atomic mass is 35.5. The van der Waals surface area contributed by atoms with E-state index in [4.69, 9.17) is 25.8 Å². The van der Waals surface area contributed by atoms with Crippen LogP contribution in [0.15, 0.2) is 60.7 Å². The van der Waals surface area contributed by atoms with E-state index in [2.05, 4.69) is 24.0 Å². The number of unbranched alkanes of at least 4 members (excludes halogenated alkanes) is 9. The lowest BCUT2D eigenvalue weighted by Crippen LogP contribution is -2.38. The minimum absolute atomic E-state index is 0.154. The van der Waals surface area contributed by atoms with Gasteiger partial charge in [-0.2, -0.15) is 0 Å². The van der Waals surface area contributed by atoms with Crippen molar-refractivity contribution in [1.29, 1.82) is 0 Å². The predicted octanol–water partition coefficient (Wildman–Crippen LogP) is 11.4. The molecule has 1 saturated carbocycles. The van der Waals surface area contributed by atoms with Crippen molar-refractivity contribution in [2.75, 3.05) is 50.3 Å².